The molecule has 118 valence electrons. The van der Waals surface area contributed by atoms with Crippen molar-refractivity contribution >= 4 is 17.3 Å². The van der Waals surface area contributed by atoms with Gasteiger partial charge in [0, 0.05) is 19.2 Å². The Bertz CT molecular complexity index is 636. The van der Waals surface area contributed by atoms with Gasteiger partial charge in [-0.15, -0.1) is 10.2 Å². The molecule has 7 nitrogen and oxygen atoms in total. The maximum Gasteiger partial charge on any atom is 0.191 e. The Morgan fingerprint density at radius 3 is 2.68 bits per heavy atom. The minimum absolute atomic E-state index is 0.407. The van der Waals surface area contributed by atoms with Crippen LogP contribution in [-0.2, 0) is 13.1 Å². The van der Waals surface area contributed by atoms with Crippen molar-refractivity contribution in [1.29, 1.82) is 0 Å². The number of hydrogen-bond donors (Lipinski definition) is 2. The molecule has 0 bridgehead atoms. The Labute approximate surface area is 134 Å². The van der Waals surface area contributed by atoms with Crippen LogP contribution in [0.3, 0.4) is 0 Å². The van der Waals surface area contributed by atoms with E-state index in [1.54, 1.807) is 24.6 Å². The maximum absolute atomic E-state index is 4.34. The van der Waals surface area contributed by atoms with Crippen LogP contribution in [0.15, 0.2) is 17.3 Å². The molecule has 2 aromatic heterocycles. The molecule has 2 N–H and O–H groups in total. The molecule has 0 atom stereocenters. The highest BCUT2D eigenvalue weighted by Gasteiger charge is 2.08. The van der Waals surface area contributed by atoms with E-state index in [9.17, 15) is 0 Å². The van der Waals surface area contributed by atoms with Crippen molar-refractivity contribution in [2.75, 3.05) is 7.05 Å². The first kappa shape index (κ1) is 16.3. The van der Waals surface area contributed by atoms with E-state index in [0.29, 0.717) is 25.0 Å². The Morgan fingerprint density at radius 2 is 2.05 bits per heavy atom. The molecule has 2 rings (SSSR count). The second kappa shape index (κ2) is 7.79. The predicted octanol–water partition coefficient (Wildman–Crippen LogP) is 1.63. The van der Waals surface area contributed by atoms with Crippen LogP contribution in [0.25, 0.3) is 0 Å². The molecule has 0 aliphatic rings. The van der Waals surface area contributed by atoms with E-state index in [4.69, 9.17) is 0 Å². The van der Waals surface area contributed by atoms with Gasteiger partial charge >= 0.3 is 0 Å². The van der Waals surface area contributed by atoms with Crippen molar-refractivity contribution in [2.45, 2.75) is 39.8 Å². The van der Waals surface area contributed by atoms with Gasteiger partial charge in [-0.3, -0.25) is 4.99 Å². The van der Waals surface area contributed by atoms with Crippen molar-refractivity contribution in [3.05, 3.63) is 33.8 Å². The van der Waals surface area contributed by atoms with E-state index in [1.165, 1.54) is 0 Å². The summed E-state index contributed by atoms with van der Waals surface area (Å²) in [7, 11) is 1.74. The van der Waals surface area contributed by atoms with Gasteiger partial charge < -0.3 is 10.6 Å². The molecule has 0 unspecified atom stereocenters. The number of guanidine groups is 1. The van der Waals surface area contributed by atoms with Crippen LogP contribution >= 0.6 is 11.3 Å². The van der Waals surface area contributed by atoms with Crippen molar-refractivity contribution in [1.82, 2.24) is 30.8 Å². The molecule has 0 aliphatic heterocycles. The summed E-state index contributed by atoms with van der Waals surface area (Å²) < 4.78 is 0. The van der Waals surface area contributed by atoms with Gasteiger partial charge in [0.15, 0.2) is 5.96 Å². The zero-order valence-electron chi connectivity index (χ0n) is 13.3. The van der Waals surface area contributed by atoms with E-state index in [0.717, 1.165) is 21.5 Å². The number of rotatable bonds is 5. The van der Waals surface area contributed by atoms with Crippen LogP contribution < -0.4 is 10.6 Å². The molecule has 0 saturated heterocycles. The number of aryl methyl sites for hydroxylation is 1. The van der Waals surface area contributed by atoms with Crippen LogP contribution in [0.4, 0.5) is 0 Å². The summed E-state index contributed by atoms with van der Waals surface area (Å²) >= 11 is 1.62. The Morgan fingerprint density at radius 1 is 1.27 bits per heavy atom. The summed E-state index contributed by atoms with van der Waals surface area (Å²) in [6, 6.07) is 1.88. The van der Waals surface area contributed by atoms with Gasteiger partial charge in [0.25, 0.3) is 0 Å². The lowest BCUT2D eigenvalue weighted by molar-refractivity contribution is 0.771. The second-order valence-electron chi connectivity index (χ2n) is 5.06. The van der Waals surface area contributed by atoms with Crippen LogP contribution in [0.2, 0.25) is 0 Å². The molecule has 0 radical (unpaired) electrons. The molecule has 2 aromatic rings. The first-order valence-corrected chi connectivity index (χ1v) is 7.95. The van der Waals surface area contributed by atoms with Crippen molar-refractivity contribution in [3.8, 4) is 0 Å². The highest BCUT2D eigenvalue weighted by atomic mass is 32.1. The zero-order valence-corrected chi connectivity index (χ0v) is 14.1. The summed E-state index contributed by atoms with van der Waals surface area (Å²) in [6.45, 7) is 7.30. The van der Waals surface area contributed by atoms with Crippen LogP contribution in [0, 0.1) is 6.92 Å². The van der Waals surface area contributed by atoms with Gasteiger partial charge in [0.2, 0.25) is 0 Å². The number of aliphatic imine (C=N–C) groups is 1. The lowest BCUT2D eigenvalue weighted by Gasteiger charge is -2.10. The van der Waals surface area contributed by atoms with Crippen molar-refractivity contribution in [3.63, 3.8) is 0 Å². The molecule has 8 heteroatoms. The third-order valence-electron chi connectivity index (χ3n) is 2.88. The molecule has 0 saturated carbocycles. The van der Waals surface area contributed by atoms with Gasteiger partial charge in [-0.1, -0.05) is 25.2 Å². The fraction of sp³-hybridized carbons (Fsp3) is 0.500. The summed E-state index contributed by atoms with van der Waals surface area (Å²) in [4.78, 5) is 12.6. The SMILES string of the molecule is CN=C(NCc1ccnc(C)n1)NCc1nnc(C(C)C)s1. The van der Waals surface area contributed by atoms with E-state index >= 15 is 0 Å². The summed E-state index contributed by atoms with van der Waals surface area (Å²) in [5, 5.41) is 16.8. The Balaban J connectivity index is 1.84. The quantitative estimate of drug-likeness (QED) is 0.643. The first-order valence-electron chi connectivity index (χ1n) is 7.13. The third kappa shape index (κ3) is 4.73. The fourth-order valence-electron chi connectivity index (χ4n) is 1.73. The molecule has 2 heterocycles. The van der Waals surface area contributed by atoms with E-state index < -0.39 is 0 Å². The monoisotopic (exact) mass is 319 g/mol. The van der Waals surface area contributed by atoms with E-state index in [-0.39, 0.29) is 0 Å². The molecule has 0 aromatic carbocycles. The van der Waals surface area contributed by atoms with Crippen LogP contribution in [0.5, 0.6) is 0 Å². The number of aromatic nitrogens is 4. The minimum atomic E-state index is 0.407. The zero-order chi connectivity index (χ0) is 15.9. The lowest BCUT2D eigenvalue weighted by atomic mass is 10.2. The largest absolute Gasteiger partial charge is 0.351 e. The van der Waals surface area contributed by atoms with Crippen LogP contribution in [-0.4, -0.2) is 33.2 Å². The standard InChI is InChI=1S/C14H21N7S/c1-9(2)13-21-20-12(22-13)8-18-14(15-4)17-7-11-5-6-16-10(3)19-11/h5-6,9H,7-8H2,1-4H3,(H2,15,17,18). The van der Waals surface area contributed by atoms with Gasteiger partial charge in [-0.25, -0.2) is 9.97 Å². The average molecular weight is 319 g/mol. The molecule has 0 fully saturated rings. The average Bonchev–Trinajstić information content (AvgIpc) is 2.97. The Hall–Kier alpha value is -2.09. The topological polar surface area (TPSA) is 88.0 Å². The third-order valence-corrected chi connectivity index (χ3v) is 4.10. The molecular formula is C14H21N7S. The van der Waals surface area contributed by atoms with E-state index in [1.807, 2.05) is 13.0 Å². The predicted molar refractivity (Wildman–Crippen MR) is 87.8 cm³/mol. The molecule has 0 spiro atoms. The first-order chi connectivity index (χ1) is 10.6. The van der Waals surface area contributed by atoms with Gasteiger partial charge in [0.1, 0.15) is 15.8 Å². The Kier molecular flexibility index (Phi) is 5.76. The molecule has 0 amide bonds. The second-order valence-corrected chi connectivity index (χ2v) is 6.16. The molecular weight excluding hydrogens is 298 g/mol. The van der Waals surface area contributed by atoms with Crippen LogP contribution in [0.1, 0.15) is 41.3 Å². The lowest BCUT2D eigenvalue weighted by Crippen LogP contribution is -2.36. The van der Waals surface area contributed by atoms with E-state index in [2.05, 4.69) is 49.6 Å². The van der Waals surface area contributed by atoms with Gasteiger partial charge in [-0.2, -0.15) is 0 Å². The normalized spacial score (nSPS) is 11.8. The smallest absolute Gasteiger partial charge is 0.191 e. The molecule has 0 aliphatic carbocycles. The van der Waals surface area contributed by atoms with Crippen molar-refractivity contribution in [2.24, 2.45) is 4.99 Å². The van der Waals surface area contributed by atoms with Gasteiger partial charge in [0.05, 0.1) is 18.8 Å². The van der Waals surface area contributed by atoms with Gasteiger partial charge in [-0.05, 0) is 13.0 Å². The summed E-state index contributed by atoms with van der Waals surface area (Å²) in [5.74, 6) is 1.87. The number of nitrogens with zero attached hydrogens (tertiary/aromatic N) is 5. The van der Waals surface area contributed by atoms with Crippen molar-refractivity contribution < 1.29 is 0 Å². The number of hydrogen-bond acceptors (Lipinski definition) is 6. The highest BCUT2D eigenvalue weighted by Crippen LogP contribution is 2.18. The molecule has 22 heavy (non-hydrogen) atoms. The number of nitrogens with one attached hydrogen (secondary N) is 2. The summed E-state index contributed by atoms with van der Waals surface area (Å²) in [6.07, 6.45) is 1.75. The summed E-state index contributed by atoms with van der Waals surface area (Å²) in [5.41, 5.74) is 0.924. The minimum Gasteiger partial charge on any atom is -0.351 e. The fourth-order valence-corrected chi connectivity index (χ4v) is 2.51. The highest BCUT2D eigenvalue weighted by molar-refractivity contribution is 7.11. The maximum atomic E-state index is 4.34.